The maximum absolute atomic E-state index is 12.6. The lowest BCUT2D eigenvalue weighted by atomic mass is 9.96. The van der Waals surface area contributed by atoms with E-state index in [0.29, 0.717) is 12.1 Å². The molecule has 0 saturated carbocycles. The standard InChI is InChI=1S/C23H23N3O6S/c1-2-16(17-6-4-3-5-7-17)15-24-23(28)18-8-10-19(11-9-18)25-33(31,32)20-12-13-22(27)21(14-20)26(29)30/h3-14,16,25,27H,2,15H2,1H3,(H,24,28)/t16-/m0/s1. The molecule has 3 N–H and O–H groups in total. The van der Waals surface area contributed by atoms with Crippen LogP contribution in [0.4, 0.5) is 11.4 Å². The van der Waals surface area contributed by atoms with Crippen molar-refractivity contribution in [1.29, 1.82) is 0 Å². The van der Waals surface area contributed by atoms with Gasteiger partial charge >= 0.3 is 5.69 Å². The zero-order valence-electron chi connectivity index (χ0n) is 17.8. The van der Waals surface area contributed by atoms with Gasteiger partial charge in [-0.05, 0) is 48.4 Å². The second-order valence-corrected chi connectivity index (χ2v) is 9.00. The average molecular weight is 470 g/mol. The van der Waals surface area contributed by atoms with Crippen LogP contribution in [-0.2, 0) is 10.0 Å². The topological polar surface area (TPSA) is 139 Å². The summed E-state index contributed by atoms with van der Waals surface area (Å²) in [6.45, 7) is 2.51. The molecule has 1 atom stereocenters. The summed E-state index contributed by atoms with van der Waals surface area (Å²) in [5.41, 5.74) is 0.962. The van der Waals surface area contributed by atoms with E-state index in [0.717, 1.165) is 30.2 Å². The molecule has 0 saturated heterocycles. The van der Waals surface area contributed by atoms with E-state index in [-0.39, 0.29) is 22.4 Å². The minimum Gasteiger partial charge on any atom is -0.502 e. The first-order chi connectivity index (χ1) is 15.7. The molecular formula is C23H23N3O6S. The summed E-state index contributed by atoms with van der Waals surface area (Å²) in [7, 11) is -4.14. The number of hydrogen-bond acceptors (Lipinski definition) is 6. The van der Waals surface area contributed by atoms with E-state index in [4.69, 9.17) is 0 Å². The fraction of sp³-hybridized carbons (Fsp3) is 0.174. The first-order valence-electron chi connectivity index (χ1n) is 10.1. The van der Waals surface area contributed by atoms with Gasteiger partial charge in [0.1, 0.15) is 0 Å². The molecule has 33 heavy (non-hydrogen) atoms. The number of phenols is 1. The average Bonchev–Trinajstić information content (AvgIpc) is 2.80. The van der Waals surface area contributed by atoms with Crippen LogP contribution in [-0.4, -0.2) is 30.9 Å². The molecule has 1 amide bonds. The van der Waals surface area contributed by atoms with Crippen molar-refractivity contribution in [2.24, 2.45) is 0 Å². The normalized spacial score (nSPS) is 12.0. The van der Waals surface area contributed by atoms with Crippen LogP contribution >= 0.6 is 0 Å². The number of benzene rings is 3. The molecule has 0 aliphatic heterocycles. The zero-order chi connectivity index (χ0) is 24.0. The van der Waals surface area contributed by atoms with Crippen molar-refractivity contribution in [3.05, 3.63) is 94.0 Å². The minimum atomic E-state index is -4.14. The summed E-state index contributed by atoms with van der Waals surface area (Å²) < 4.78 is 27.4. The molecule has 0 radical (unpaired) electrons. The Balaban J connectivity index is 1.66. The number of nitro groups is 1. The lowest BCUT2D eigenvalue weighted by Crippen LogP contribution is -2.28. The monoisotopic (exact) mass is 469 g/mol. The largest absolute Gasteiger partial charge is 0.502 e. The van der Waals surface area contributed by atoms with Crippen molar-refractivity contribution >= 4 is 27.3 Å². The Kier molecular flexibility index (Phi) is 7.29. The highest BCUT2D eigenvalue weighted by molar-refractivity contribution is 7.92. The number of sulfonamides is 1. The quantitative estimate of drug-likeness (QED) is 0.319. The molecule has 10 heteroatoms. The van der Waals surface area contributed by atoms with Crippen LogP contribution in [0.2, 0.25) is 0 Å². The molecule has 3 rings (SSSR count). The Morgan fingerprint density at radius 2 is 1.73 bits per heavy atom. The highest BCUT2D eigenvalue weighted by atomic mass is 32.2. The lowest BCUT2D eigenvalue weighted by molar-refractivity contribution is -0.386. The molecule has 0 fully saturated rings. The molecule has 0 unspecified atom stereocenters. The highest BCUT2D eigenvalue weighted by Crippen LogP contribution is 2.29. The summed E-state index contributed by atoms with van der Waals surface area (Å²) >= 11 is 0. The van der Waals surface area contributed by atoms with Crippen LogP contribution in [0.5, 0.6) is 5.75 Å². The number of anilines is 1. The summed E-state index contributed by atoms with van der Waals surface area (Å²) in [4.78, 5) is 22.2. The van der Waals surface area contributed by atoms with Gasteiger partial charge < -0.3 is 10.4 Å². The molecule has 0 aliphatic carbocycles. The summed E-state index contributed by atoms with van der Waals surface area (Å²) in [5, 5.41) is 23.4. The first-order valence-corrected chi connectivity index (χ1v) is 11.6. The predicted molar refractivity (Wildman–Crippen MR) is 124 cm³/mol. The number of carbonyl (C=O) groups is 1. The summed E-state index contributed by atoms with van der Waals surface area (Å²) in [6, 6.07) is 18.5. The van der Waals surface area contributed by atoms with Crippen LogP contribution in [0.1, 0.15) is 35.2 Å². The Bertz CT molecular complexity index is 1240. The molecule has 172 valence electrons. The Hall–Kier alpha value is -3.92. The van der Waals surface area contributed by atoms with Gasteiger partial charge in [-0.15, -0.1) is 0 Å². The van der Waals surface area contributed by atoms with Gasteiger partial charge in [0.2, 0.25) is 0 Å². The van der Waals surface area contributed by atoms with E-state index in [1.807, 2.05) is 37.3 Å². The lowest BCUT2D eigenvalue weighted by Gasteiger charge is -2.16. The number of nitrogens with zero attached hydrogens (tertiary/aromatic N) is 1. The van der Waals surface area contributed by atoms with Crippen molar-refractivity contribution in [3.63, 3.8) is 0 Å². The number of hydrogen-bond donors (Lipinski definition) is 3. The van der Waals surface area contributed by atoms with E-state index in [1.54, 1.807) is 0 Å². The maximum Gasteiger partial charge on any atom is 0.312 e. The van der Waals surface area contributed by atoms with Crippen molar-refractivity contribution in [3.8, 4) is 5.75 Å². The molecule has 0 bridgehead atoms. The number of amides is 1. The van der Waals surface area contributed by atoms with Gasteiger partial charge in [0, 0.05) is 29.8 Å². The van der Waals surface area contributed by atoms with Crippen molar-refractivity contribution in [2.45, 2.75) is 24.2 Å². The Labute approximate surface area is 191 Å². The van der Waals surface area contributed by atoms with Crippen LogP contribution in [0.15, 0.2) is 77.7 Å². The number of aromatic hydroxyl groups is 1. The van der Waals surface area contributed by atoms with Gasteiger partial charge in [-0.1, -0.05) is 37.3 Å². The third-order valence-electron chi connectivity index (χ3n) is 5.13. The molecule has 3 aromatic rings. The second-order valence-electron chi connectivity index (χ2n) is 7.32. The van der Waals surface area contributed by atoms with Crippen molar-refractivity contribution < 1.29 is 23.2 Å². The maximum atomic E-state index is 12.6. The van der Waals surface area contributed by atoms with E-state index in [2.05, 4.69) is 10.0 Å². The number of nitrogens with one attached hydrogen (secondary N) is 2. The van der Waals surface area contributed by atoms with E-state index in [9.17, 15) is 28.4 Å². The smallest absolute Gasteiger partial charge is 0.312 e. The molecule has 9 nitrogen and oxygen atoms in total. The van der Waals surface area contributed by atoms with E-state index in [1.165, 1.54) is 24.3 Å². The summed E-state index contributed by atoms with van der Waals surface area (Å²) in [6.07, 6.45) is 0.862. The highest BCUT2D eigenvalue weighted by Gasteiger charge is 2.21. The van der Waals surface area contributed by atoms with Crippen LogP contribution < -0.4 is 10.0 Å². The van der Waals surface area contributed by atoms with Crippen LogP contribution in [0.25, 0.3) is 0 Å². The zero-order valence-corrected chi connectivity index (χ0v) is 18.6. The van der Waals surface area contributed by atoms with E-state index < -0.39 is 26.4 Å². The second kappa shape index (κ2) is 10.1. The third-order valence-corrected chi connectivity index (χ3v) is 6.50. The fourth-order valence-electron chi connectivity index (χ4n) is 3.26. The SMILES string of the molecule is CC[C@@H](CNC(=O)c1ccc(NS(=O)(=O)c2ccc(O)c([N+](=O)[O-])c2)cc1)c1ccccc1. The molecule has 0 aromatic heterocycles. The van der Waals surface area contributed by atoms with Crippen LogP contribution in [0.3, 0.4) is 0 Å². The molecule has 0 spiro atoms. The minimum absolute atomic E-state index is 0.176. The van der Waals surface area contributed by atoms with Gasteiger partial charge in [0.05, 0.1) is 9.82 Å². The Morgan fingerprint density at radius 3 is 2.33 bits per heavy atom. The number of nitro benzene ring substituents is 1. The number of rotatable bonds is 9. The van der Waals surface area contributed by atoms with Gasteiger partial charge in [0.15, 0.2) is 5.75 Å². The van der Waals surface area contributed by atoms with Crippen molar-refractivity contribution in [2.75, 3.05) is 11.3 Å². The molecule has 0 aliphatic rings. The van der Waals surface area contributed by atoms with Gasteiger partial charge in [-0.2, -0.15) is 0 Å². The predicted octanol–water partition coefficient (Wildman–Crippen LogP) is 4.02. The van der Waals surface area contributed by atoms with Gasteiger partial charge in [-0.3, -0.25) is 19.6 Å². The first kappa shape index (κ1) is 23.7. The molecule has 0 heterocycles. The van der Waals surface area contributed by atoms with Gasteiger partial charge in [0.25, 0.3) is 15.9 Å². The molecule has 3 aromatic carbocycles. The van der Waals surface area contributed by atoms with Crippen LogP contribution in [0, 0.1) is 10.1 Å². The number of carbonyl (C=O) groups excluding carboxylic acids is 1. The Morgan fingerprint density at radius 1 is 1.06 bits per heavy atom. The summed E-state index contributed by atoms with van der Waals surface area (Å²) in [5.74, 6) is -0.740. The third kappa shape index (κ3) is 5.86. The van der Waals surface area contributed by atoms with Crippen molar-refractivity contribution in [1.82, 2.24) is 5.32 Å². The fourth-order valence-corrected chi connectivity index (χ4v) is 4.34. The molecular weight excluding hydrogens is 446 g/mol. The number of phenolic OH excluding ortho intramolecular Hbond substituents is 1. The van der Waals surface area contributed by atoms with Gasteiger partial charge in [-0.25, -0.2) is 8.42 Å². The van der Waals surface area contributed by atoms with E-state index >= 15 is 0 Å².